The third-order valence-corrected chi connectivity index (χ3v) is 2.66. The van der Waals surface area contributed by atoms with Crippen LogP contribution in [0, 0.1) is 0 Å². The van der Waals surface area contributed by atoms with E-state index >= 15 is 0 Å². The summed E-state index contributed by atoms with van der Waals surface area (Å²) in [4.78, 5) is 22.0. The molecule has 0 spiro atoms. The number of hydrogen-bond acceptors (Lipinski definition) is 3. The van der Waals surface area contributed by atoms with E-state index in [1.165, 1.54) is 12.5 Å². The Bertz CT molecular complexity index is 439. The molecule has 2 N–H and O–H groups in total. The lowest BCUT2D eigenvalue weighted by Crippen LogP contribution is -2.40. The first-order valence-electron chi connectivity index (χ1n) is 6.15. The molecule has 0 unspecified atom stereocenters. The van der Waals surface area contributed by atoms with Crippen molar-refractivity contribution < 1.29 is 19.4 Å². The second-order valence-electron chi connectivity index (χ2n) is 4.64. The SMILES string of the molecule is CC(C)c1ccc(OCC(=O)N[C@H](C)C(=O)O)cc1. The summed E-state index contributed by atoms with van der Waals surface area (Å²) in [5.41, 5.74) is 1.19. The minimum Gasteiger partial charge on any atom is -0.484 e. The zero-order valence-electron chi connectivity index (χ0n) is 11.3. The van der Waals surface area contributed by atoms with Gasteiger partial charge in [0.1, 0.15) is 11.8 Å². The molecular weight excluding hydrogens is 246 g/mol. The van der Waals surface area contributed by atoms with Crippen LogP contribution in [0.15, 0.2) is 24.3 Å². The first-order chi connectivity index (χ1) is 8.90. The Morgan fingerprint density at radius 1 is 1.21 bits per heavy atom. The van der Waals surface area contributed by atoms with Crippen LogP contribution in [0.25, 0.3) is 0 Å². The van der Waals surface area contributed by atoms with Crippen LogP contribution in [0.4, 0.5) is 0 Å². The number of amides is 1. The molecule has 1 aromatic rings. The molecule has 104 valence electrons. The van der Waals surface area contributed by atoms with Crippen molar-refractivity contribution in [3.05, 3.63) is 29.8 Å². The van der Waals surface area contributed by atoms with E-state index in [4.69, 9.17) is 9.84 Å². The number of carboxylic acids is 1. The molecule has 0 saturated carbocycles. The predicted molar refractivity (Wildman–Crippen MR) is 71.3 cm³/mol. The summed E-state index contributed by atoms with van der Waals surface area (Å²) < 4.78 is 5.28. The highest BCUT2D eigenvalue weighted by atomic mass is 16.5. The van der Waals surface area contributed by atoms with Crippen LogP contribution in [0.3, 0.4) is 0 Å². The van der Waals surface area contributed by atoms with Crippen LogP contribution >= 0.6 is 0 Å². The molecule has 0 bridgehead atoms. The van der Waals surface area contributed by atoms with Crippen LogP contribution in [0.2, 0.25) is 0 Å². The number of carbonyl (C=O) groups excluding carboxylic acids is 1. The van der Waals surface area contributed by atoms with E-state index in [0.29, 0.717) is 11.7 Å². The summed E-state index contributed by atoms with van der Waals surface area (Å²) in [7, 11) is 0. The van der Waals surface area contributed by atoms with Crippen LogP contribution in [-0.2, 0) is 9.59 Å². The van der Waals surface area contributed by atoms with Gasteiger partial charge in [-0.2, -0.15) is 0 Å². The fourth-order valence-electron chi connectivity index (χ4n) is 1.44. The molecule has 0 heterocycles. The fourth-order valence-corrected chi connectivity index (χ4v) is 1.44. The lowest BCUT2D eigenvalue weighted by atomic mass is 10.0. The molecule has 5 nitrogen and oxygen atoms in total. The van der Waals surface area contributed by atoms with Gasteiger partial charge in [0.25, 0.3) is 5.91 Å². The molecule has 0 aliphatic heterocycles. The summed E-state index contributed by atoms with van der Waals surface area (Å²) in [5, 5.41) is 11.0. The quantitative estimate of drug-likeness (QED) is 0.822. The summed E-state index contributed by atoms with van der Waals surface area (Å²) in [5.74, 6) is -0.506. The molecule has 1 rings (SSSR count). The Kier molecular flexibility index (Phi) is 5.36. The Morgan fingerprint density at radius 2 is 1.79 bits per heavy atom. The minimum absolute atomic E-state index is 0.196. The number of aliphatic carboxylic acids is 1. The molecule has 5 heteroatoms. The van der Waals surface area contributed by atoms with Gasteiger partial charge in [0.2, 0.25) is 0 Å². The Morgan fingerprint density at radius 3 is 2.26 bits per heavy atom. The van der Waals surface area contributed by atoms with Crippen molar-refractivity contribution in [1.82, 2.24) is 5.32 Å². The number of rotatable bonds is 6. The highest BCUT2D eigenvalue weighted by molar-refractivity contribution is 5.84. The van der Waals surface area contributed by atoms with Gasteiger partial charge in [-0.25, -0.2) is 0 Å². The molecule has 0 radical (unpaired) electrons. The number of ether oxygens (including phenoxy) is 1. The van der Waals surface area contributed by atoms with E-state index in [9.17, 15) is 9.59 Å². The smallest absolute Gasteiger partial charge is 0.325 e. The molecule has 0 aromatic heterocycles. The van der Waals surface area contributed by atoms with Gasteiger partial charge in [-0.3, -0.25) is 9.59 Å². The van der Waals surface area contributed by atoms with Crippen LogP contribution < -0.4 is 10.1 Å². The van der Waals surface area contributed by atoms with Crippen molar-refractivity contribution in [2.45, 2.75) is 32.7 Å². The van der Waals surface area contributed by atoms with Gasteiger partial charge in [-0.05, 0) is 30.5 Å². The van der Waals surface area contributed by atoms with E-state index in [-0.39, 0.29) is 6.61 Å². The lowest BCUT2D eigenvalue weighted by Gasteiger charge is -2.11. The standard InChI is InChI=1S/C14H19NO4/c1-9(2)11-4-6-12(7-5-11)19-8-13(16)15-10(3)14(17)18/h4-7,9-10H,8H2,1-3H3,(H,15,16)(H,17,18)/t10-/m1/s1. The molecule has 1 amide bonds. The van der Waals surface area contributed by atoms with Gasteiger partial charge in [-0.1, -0.05) is 26.0 Å². The van der Waals surface area contributed by atoms with Gasteiger partial charge >= 0.3 is 5.97 Å². The average molecular weight is 265 g/mol. The van der Waals surface area contributed by atoms with Crippen molar-refractivity contribution in [1.29, 1.82) is 0 Å². The van der Waals surface area contributed by atoms with Crippen molar-refractivity contribution in [2.24, 2.45) is 0 Å². The summed E-state index contributed by atoms with van der Waals surface area (Å²) >= 11 is 0. The molecular formula is C14H19NO4. The zero-order valence-corrected chi connectivity index (χ0v) is 11.3. The van der Waals surface area contributed by atoms with E-state index < -0.39 is 17.9 Å². The normalized spacial score (nSPS) is 12.0. The van der Waals surface area contributed by atoms with Crippen LogP contribution in [0.1, 0.15) is 32.3 Å². The number of nitrogens with one attached hydrogen (secondary N) is 1. The second kappa shape index (κ2) is 6.78. The van der Waals surface area contributed by atoms with Crippen molar-refractivity contribution in [3.63, 3.8) is 0 Å². The average Bonchev–Trinajstić information content (AvgIpc) is 2.36. The molecule has 0 aliphatic rings. The highest BCUT2D eigenvalue weighted by Crippen LogP contribution is 2.18. The van der Waals surface area contributed by atoms with E-state index in [0.717, 1.165) is 0 Å². The topological polar surface area (TPSA) is 75.6 Å². The van der Waals surface area contributed by atoms with E-state index in [2.05, 4.69) is 19.2 Å². The van der Waals surface area contributed by atoms with Crippen molar-refractivity contribution >= 4 is 11.9 Å². The third kappa shape index (κ3) is 4.99. The Balaban J connectivity index is 2.44. The third-order valence-electron chi connectivity index (χ3n) is 2.66. The molecule has 1 atom stereocenters. The van der Waals surface area contributed by atoms with Gasteiger partial charge in [0, 0.05) is 0 Å². The number of hydrogen-bond donors (Lipinski definition) is 2. The maximum Gasteiger partial charge on any atom is 0.325 e. The maximum atomic E-state index is 11.4. The second-order valence-corrected chi connectivity index (χ2v) is 4.64. The molecule has 19 heavy (non-hydrogen) atoms. The maximum absolute atomic E-state index is 11.4. The van der Waals surface area contributed by atoms with Gasteiger partial charge in [0.15, 0.2) is 6.61 Å². The van der Waals surface area contributed by atoms with Crippen LogP contribution in [-0.4, -0.2) is 29.6 Å². The van der Waals surface area contributed by atoms with Gasteiger partial charge in [0.05, 0.1) is 0 Å². The van der Waals surface area contributed by atoms with E-state index in [1.807, 2.05) is 12.1 Å². The van der Waals surface area contributed by atoms with E-state index in [1.54, 1.807) is 12.1 Å². The molecule has 0 saturated heterocycles. The first kappa shape index (κ1) is 15.0. The summed E-state index contributed by atoms with van der Waals surface area (Å²) in [6.07, 6.45) is 0. The molecule has 0 fully saturated rings. The number of carboxylic acid groups (broad SMARTS) is 1. The highest BCUT2D eigenvalue weighted by Gasteiger charge is 2.14. The molecule has 1 aromatic carbocycles. The number of benzene rings is 1. The fraction of sp³-hybridized carbons (Fsp3) is 0.429. The molecule has 0 aliphatic carbocycles. The van der Waals surface area contributed by atoms with Crippen molar-refractivity contribution in [3.8, 4) is 5.75 Å². The Labute approximate surface area is 112 Å². The first-order valence-corrected chi connectivity index (χ1v) is 6.15. The lowest BCUT2D eigenvalue weighted by molar-refractivity contribution is -0.141. The zero-order chi connectivity index (χ0) is 14.4. The summed E-state index contributed by atoms with van der Waals surface area (Å²) in [6.45, 7) is 5.39. The van der Waals surface area contributed by atoms with Crippen LogP contribution in [0.5, 0.6) is 5.75 Å². The largest absolute Gasteiger partial charge is 0.484 e. The predicted octanol–water partition coefficient (Wildman–Crippen LogP) is 1.78. The van der Waals surface area contributed by atoms with Crippen molar-refractivity contribution in [2.75, 3.05) is 6.61 Å². The Hall–Kier alpha value is -2.04. The summed E-state index contributed by atoms with van der Waals surface area (Å²) in [6, 6.07) is 6.56. The monoisotopic (exact) mass is 265 g/mol. The van der Waals surface area contributed by atoms with Gasteiger partial charge < -0.3 is 15.2 Å². The number of carbonyl (C=O) groups is 2. The van der Waals surface area contributed by atoms with Gasteiger partial charge in [-0.15, -0.1) is 0 Å². The minimum atomic E-state index is -1.07.